The Kier molecular flexibility index (Phi) is 9.90. The van der Waals surface area contributed by atoms with Crippen LogP contribution in [0.1, 0.15) is 73.9 Å². The molecule has 12 nitrogen and oxygen atoms in total. The third kappa shape index (κ3) is 8.57. The van der Waals surface area contributed by atoms with E-state index in [1.165, 1.54) is 31.2 Å². The molecule has 43 heavy (non-hydrogen) atoms. The van der Waals surface area contributed by atoms with Gasteiger partial charge in [-0.2, -0.15) is 0 Å². The first-order valence-corrected chi connectivity index (χ1v) is 13.4. The lowest BCUT2D eigenvalue weighted by Crippen LogP contribution is -2.55. The van der Waals surface area contributed by atoms with Crippen LogP contribution in [0.3, 0.4) is 0 Å². The lowest BCUT2D eigenvalue weighted by Gasteiger charge is -2.44. The molecule has 2 aromatic rings. The van der Waals surface area contributed by atoms with E-state index < -0.39 is 65.9 Å². The smallest absolute Gasteiger partial charge is 0.484 e. The number of carbonyl (C=O) groups excluding carboxylic acids is 4. The number of ketones is 1. The van der Waals surface area contributed by atoms with Crippen LogP contribution in [0, 0.1) is 5.82 Å². The predicted molar refractivity (Wildman–Crippen MR) is 150 cm³/mol. The first-order valence-electron chi connectivity index (χ1n) is 13.0. The number of halogens is 2. The summed E-state index contributed by atoms with van der Waals surface area (Å²) in [5.41, 5.74) is -1.63. The van der Waals surface area contributed by atoms with Gasteiger partial charge in [0.15, 0.2) is 17.9 Å². The predicted octanol–water partition coefficient (Wildman–Crippen LogP) is 4.82. The van der Waals surface area contributed by atoms with Gasteiger partial charge in [-0.05, 0) is 77.9 Å². The van der Waals surface area contributed by atoms with E-state index in [2.05, 4.69) is 10.6 Å². The van der Waals surface area contributed by atoms with E-state index in [1.54, 1.807) is 34.6 Å². The van der Waals surface area contributed by atoms with Gasteiger partial charge in [0.1, 0.15) is 29.4 Å². The van der Waals surface area contributed by atoms with Crippen LogP contribution < -0.4 is 15.4 Å². The van der Waals surface area contributed by atoms with E-state index in [1.807, 2.05) is 0 Å². The molecular formula is C29H32ClFN2O10. The van der Waals surface area contributed by atoms with Crippen molar-refractivity contribution in [3.05, 3.63) is 63.9 Å². The Bertz CT molecular complexity index is 1440. The van der Waals surface area contributed by atoms with Gasteiger partial charge in [0.2, 0.25) is 0 Å². The van der Waals surface area contributed by atoms with Crippen molar-refractivity contribution < 1.29 is 52.4 Å². The molecule has 3 rings (SSSR count). The van der Waals surface area contributed by atoms with Crippen molar-refractivity contribution in [2.45, 2.75) is 70.9 Å². The second-order valence-corrected chi connectivity index (χ2v) is 11.6. The van der Waals surface area contributed by atoms with Crippen molar-refractivity contribution in [2.75, 3.05) is 6.61 Å². The van der Waals surface area contributed by atoms with Crippen LogP contribution in [0.5, 0.6) is 5.75 Å². The first kappa shape index (κ1) is 33.1. The summed E-state index contributed by atoms with van der Waals surface area (Å²) >= 11 is 5.85. The minimum absolute atomic E-state index is 0.00110. The van der Waals surface area contributed by atoms with Gasteiger partial charge in [0, 0.05) is 16.7 Å². The first-order chi connectivity index (χ1) is 19.9. The van der Waals surface area contributed by atoms with Crippen molar-refractivity contribution in [2.24, 2.45) is 0 Å². The number of hydrogen-bond donors (Lipinski definition) is 3. The average Bonchev–Trinajstić information content (AvgIpc) is 2.88. The van der Waals surface area contributed by atoms with Crippen molar-refractivity contribution in [3.8, 4) is 5.75 Å². The van der Waals surface area contributed by atoms with E-state index in [-0.39, 0.29) is 27.7 Å². The Labute approximate surface area is 251 Å². The normalized spacial score (nSPS) is 17.8. The molecule has 1 heterocycles. The summed E-state index contributed by atoms with van der Waals surface area (Å²) in [7, 11) is 0. The summed E-state index contributed by atoms with van der Waals surface area (Å²) in [5.74, 6) is -2.94. The Morgan fingerprint density at radius 3 is 2.33 bits per heavy atom. The Morgan fingerprint density at radius 1 is 1.09 bits per heavy atom. The number of carboxylic acids is 1. The molecule has 2 amide bonds. The molecule has 1 aliphatic rings. The maximum atomic E-state index is 13.7. The highest BCUT2D eigenvalue weighted by atomic mass is 35.5. The Morgan fingerprint density at radius 2 is 1.74 bits per heavy atom. The molecule has 2 aromatic carbocycles. The lowest BCUT2D eigenvalue weighted by atomic mass is 9.85. The zero-order valence-corrected chi connectivity index (χ0v) is 25.0. The van der Waals surface area contributed by atoms with Crippen molar-refractivity contribution in [1.29, 1.82) is 0 Å². The number of carbonyl (C=O) groups is 5. The molecule has 1 aliphatic heterocycles. The van der Waals surface area contributed by atoms with Crippen LogP contribution in [0.25, 0.3) is 0 Å². The van der Waals surface area contributed by atoms with Crippen molar-refractivity contribution in [3.63, 3.8) is 0 Å². The van der Waals surface area contributed by atoms with Crippen LogP contribution in [0.4, 0.5) is 14.0 Å². The summed E-state index contributed by atoms with van der Waals surface area (Å²) in [6.07, 6.45) is -3.67. The molecule has 0 unspecified atom stereocenters. The lowest BCUT2D eigenvalue weighted by molar-refractivity contribution is -0.141. The van der Waals surface area contributed by atoms with E-state index in [9.17, 15) is 33.5 Å². The molecule has 0 fully saturated rings. The molecule has 0 saturated heterocycles. The van der Waals surface area contributed by atoms with E-state index in [0.29, 0.717) is 5.56 Å². The quantitative estimate of drug-likeness (QED) is 0.274. The molecule has 0 aliphatic carbocycles. The number of benzene rings is 2. The fraction of sp³-hybridized carbons (Fsp3) is 0.414. The third-order valence-corrected chi connectivity index (χ3v) is 6.45. The van der Waals surface area contributed by atoms with Gasteiger partial charge in [-0.3, -0.25) is 9.59 Å². The van der Waals surface area contributed by atoms with Gasteiger partial charge < -0.3 is 34.7 Å². The van der Waals surface area contributed by atoms with Crippen LogP contribution in [0.2, 0.25) is 5.02 Å². The monoisotopic (exact) mass is 622 g/mol. The Hall–Kier alpha value is -4.39. The van der Waals surface area contributed by atoms with Gasteiger partial charge in [0.05, 0.1) is 11.1 Å². The molecule has 0 spiro atoms. The number of amides is 2. The fourth-order valence-corrected chi connectivity index (χ4v) is 4.33. The highest BCUT2D eigenvalue weighted by Gasteiger charge is 2.48. The van der Waals surface area contributed by atoms with E-state index in [4.69, 9.17) is 30.5 Å². The number of Topliss-reactive ketones (excluding diaryl/α,β-unsaturated/α-hetero) is 1. The molecule has 0 bridgehead atoms. The molecule has 14 heteroatoms. The minimum Gasteiger partial charge on any atom is -0.484 e. The van der Waals surface area contributed by atoms with Crippen LogP contribution in [-0.4, -0.2) is 65.0 Å². The second-order valence-electron chi connectivity index (χ2n) is 11.2. The van der Waals surface area contributed by atoms with Gasteiger partial charge in [0.25, 0.3) is 5.91 Å². The maximum Gasteiger partial charge on any atom is 0.508 e. The van der Waals surface area contributed by atoms with E-state index >= 15 is 0 Å². The molecule has 0 aromatic heterocycles. The number of rotatable bonds is 8. The summed E-state index contributed by atoms with van der Waals surface area (Å²) in [6, 6.07) is 5.10. The third-order valence-electron chi connectivity index (χ3n) is 6.16. The van der Waals surface area contributed by atoms with Crippen molar-refractivity contribution >= 4 is 41.5 Å². The minimum atomic E-state index is -1.67. The summed E-state index contributed by atoms with van der Waals surface area (Å²) in [5, 5.41) is 14.0. The number of aliphatic carboxylic acids is 1. The second kappa shape index (κ2) is 12.9. The molecule has 0 radical (unpaired) electrons. The largest absolute Gasteiger partial charge is 0.508 e. The SMILES string of the molecule is CC(=O)c1ccc2c(c1)[C@H](NC(=O)c1ccc(F)c(Cl)c1)[C@H](OC(=O)OC[C@H](NC(=O)OC(C)(C)C)C(=O)O)C(C)(C)O2. The Balaban J connectivity index is 1.88. The van der Waals surface area contributed by atoms with Crippen LogP contribution in [-0.2, 0) is 19.0 Å². The fourth-order valence-electron chi connectivity index (χ4n) is 4.15. The maximum absolute atomic E-state index is 13.7. The number of carboxylic acid groups (broad SMARTS) is 1. The number of nitrogens with one attached hydrogen (secondary N) is 2. The summed E-state index contributed by atoms with van der Waals surface area (Å²) < 4.78 is 35.4. The average molecular weight is 623 g/mol. The zero-order chi connectivity index (χ0) is 32.3. The zero-order valence-electron chi connectivity index (χ0n) is 24.3. The highest BCUT2D eigenvalue weighted by molar-refractivity contribution is 6.31. The van der Waals surface area contributed by atoms with Gasteiger partial charge in [-0.1, -0.05) is 11.6 Å². The van der Waals surface area contributed by atoms with Gasteiger partial charge >= 0.3 is 18.2 Å². The van der Waals surface area contributed by atoms with Gasteiger partial charge in [-0.15, -0.1) is 0 Å². The number of ether oxygens (including phenoxy) is 4. The molecule has 0 saturated carbocycles. The summed E-state index contributed by atoms with van der Waals surface area (Å²) in [4.78, 5) is 61.9. The molecule has 3 atom stereocenters. The summed E-state index contributed by atoms with van der Waals surface area (Å²) in [6.45, 7) is 8.43. The standard InChI is InChI=1S/C29H32ClFN2O10/c1-14(34)15-8-10-21-17(11-15)22(33-24(35)16-7-9-19(31)18(30)12-16)23(29(5,6)42-21)41-27(39)40-13-20(25(36)37)32-26(38)43-28(2,3)4/h7-12,20,22-23H,13H2,1-6H3,(H,32,38)(H,33,35)(H,36,37)/t20-,22-,23-/m0/s1. The molecule has 3 N–H and O–H groups in total. The topological polar surface area (TPSA) is 167 Å². The number of alkyl carbamates (subject to hydrolysis) is 1. The van der Waals surface area contributed by atoms with Crippen LogP contribution in [0.15, 0.2) is 36.4 Å². The van der Waals surface area contributed by atoms with Gasteiger partial charge in [-0.25, -0.2) is 18.8 Å². The highest BCUT2D eigenvalue weighted by Crippen LogP contribution is 2.42. The number of fused-ring (bicyclic) bond motifs is 1. The van der Waals surface area contributed by atoms with E-state index in [0.717, 1.165) is 12.1 Å². The van der Waals surface area contributed by atoms with Crippen molar-refractivity contribution in [1.82, 2.24) is 10.6 Å². The van der Waals surface area contributed by atoms with Crippen LogP contribution >= 0.6 is 11.6 Å². The number of hydrogen-bond acceptors (Lipinski definition) is 9. The molecule has 232 valence electrons. The molecular weight excluding hydrogens is 591 g/mol.